The van der Waals surface area contributed by atoms with Gasteiger partial charge in [-0.3, -0.25) is 0 Å². The second-order valence-electron chi connectivity index (χ2n) is 7.04. The Morgan fingerprint density at radius 2 is 1.32 bits per heavy atom. The van der Waals surface area contributed by atoms with E-state index in [0.29, 0.717) is 6.04 Å². The highest BCUT2D eigenvalue weighted by Crippen LogP contribution is 2.29. The second-order valence-corrected chi connectivity index (χ2v) is 7.04. The third kappa shape index (κ3) is 5.83. The third-order valence-electron chi connectivity index (χ3n) is 5.14. The molecule has 2 nitrogen and oxygen atoms in total. The molecule has 2 heteroatoms. The Bertz CT molecular complexity index is 205. The fourth-order valence-corrected chi connectivity index (χ4v) is 4.12. The van der Waals surface area contributed by atoms with Crippen molar-refractivity contribution < 1.29 is 0 Å². The van der Waals surface area contributed by atoms with Crippen LogP contribution in [0.15, 0.2) is 0 Å². The van der Waals surface area contributed by atoms with Crippen LogP contribution in [-0.4, -0.2) is 12.2 Å². The van der Waals surface area contributed by atoms with Crippen LogP contribution in [0.1, 0.15) is 84.0 Å². The van der Waals surface area contributed by atoms with Gasteiger partial charge >= 0.3 is 0 Å². The second kappa shape index (κ2) is 8.26. The summed E-state index contributed by atoms with van der Waals surface area (Å²) in [4.78, 5) is 0. The minimum Gasteiger partial charge on any atom is -0.315 e. The van der Waals surface area contributed by atoms with Crippen molar-refractivity contribution >= 4 is 0 Å². The molecule has 2 aliphatic carbocycles. The van der Waals surface area contributed by atoms with Crippen molar-refractivity contribution in [1.82, 2.24) is 5.32 Å². The van der Waals surface area contributed by atoms with E-state index in [1.807, 2.05) is 0 Å². The summed E-state index contributed by atoms with van der Waals surface area (Å²) in [6, 6.07) is 0.474. The Labute approximate surface area is 119 Å². The van der Waals surface area contributed by atoms with Gasteiger partial charge in [-0.05, 0) is 31.6 Å². The lowest BCUT2D eigenvalue weighted by Crippen LogP contribution is -2.39. The molecule has 19 heavy (non-hydrogen) atoms. The van der Waals surface area contributed by atoms with Crippen LogP contribution in [0.3, 0.4) is 0 Å². The average molecular weight is 265 g/mol. The van der Waals surface area contributed by atoms with Gasteiger partial charge in [0.05, 0.1) is 6.17 Å². The van der Waals surface area contributed by atoms with Gasteiger partial charge in [0.1, 0.15) is 0 Å². The zero-order valence-corrected chi connectivity index (χ0v) is 12.8. The molecular formula is C17H33N2. The molecular weight excluding hydrogens is 232 g/mol. The van der Waals surface area contributed by atoms with E-state index in [0.717, 1.165) is 18.3 Å². The summed E-state index contributed by atoms with van der Waals surface area (Å²) < 4.78 is 0. The summed E-state index contributed by atoms with van der Waals surface area (Å²) in [6.07, 6.45) is 16.7. The number of rotatable bonds is 6. The van der Waals surface area contributed by atoms with Crippen molar-refractivity contribution in [2.45, 2.75) is 96.2 Å². The molecule has 0 bridgehead atoms. The van der Waals surface area contributed by atoms with Gasteiger partial charge in [-0.2, -0.15) is 0 Å². The molecule has 0 heterocycles. The first-order chi connectivity index (χ1) is 9.24. The number of nitrogens with zero attached hydrogens (tertiary/aromatic N) is 1. The summed E-state index contributed by atoms with van der Waals surface area (Å²) in [5.41, 5.74) is 6.24. The van der Waals surface area contributed by atoms with Crippen LogP contribution in [0.4, 0.5) is 0 Å². The molecule has 0 aromatic heterocycles. The largest absolute Gasteiger partial charge is 0.315 e. The van der Waals surface area contributed by atoms with Gasteiger partial charge in [0, 0.05) is 6.04 Å². The number of hydrogen-bond acceptors (Lipinski definition) is 1. The van der Waals surface area contributed by atoms with E-state index in [2.05, 4.69) is 6.92 Å². The van der Waals surface area contributed by atoms with Crippen LogP contribution in [0.5, 0.6) is 0 Å². The number of nitrogens with two attached hydrogens (primary N) is 1. The van der Waals surface area contributed by atoms with Gasteiger partial charge in [-0.1, -0.05) is 64.2 Å². The number of hydrogen-bond donors (Lipinski definition) is 1. The molecule has 2 aliphatic rings. The lowest BCUT2D eigenvalue weighted by molar-refractivity contribution is 0.259. The maximum Gasteiger partial charge on any atom is 0.0716 e. The zero-order valence-electron chi connectivity index (χ0n) is 12.8. The van der Waals surface area contributed by atoms with Crippen molar-refractivity contribution in [1.29, 1.82) is 0 Å². The Hall–Kier alpha value is -0.0800. The molecule has 2 N–H and O–H groups in total. The van der Waals surface area contributed by atoms with Crippen LogP contribution in [0.2, 0.25) is 0 Å². The summed E-state index contributed by atoms with van der Waals surface area (Å²) >= 11 is 0. The lowest BCUT2D eigenvalue weighted by Gasteiger charge is -2.28. The Balaban J connectivity index is 1.61. The standard InChI is InChI=1S/C17H33N2/c1-14(12-15-8-4-2-5-9-15)19-17(18)13-16-10-6-3-7-11-16/h14-17H,2-13,18H2,1H3. The van der Waals surface area contributed by atoms with Crippen LogP contribution >= 0.6 is 0 Å². The smallest absolute Gasteiger partial charge is 0.0716 e. The van der Waals surface area contributed by atoms with Crippen molar-refractivity contribution in [3.05, 3.63) is 0 Å². The Morgan fingerprint density at radius 1 is 0.842 bits per heavy atom. The van der Waals surface area contributed by atoms with Crippen molar-refractivity contribution in [3.63, 3.8) is 0 Å². The van der Waals surface area contributed by atoms with Gasteiger partial charge < -0.3 is 5.73 Å². The Morgan fingerprint density at radius 3 is 1.84 bits per heavy atom. The fraction of sp³-hybridized carbons (Fsp3) is 1.00. The predicted octanol–water partition coefficient (Wildman–Crippen LogP) is 4.20. The first-order valence-corrected chi connectivity index (χ1v) is 8.69. The molecule has 2 unspecified atom stereocenters. The molecule has 0 aromatic rings. The summed E-state index contributed by atoms with van der Waals surface area (Å²) in [6.45, 7) is 2.27. The van der Waals surface area contributed by atoms with E-state index in [-0.39, 0.29) is 6.17 Å². The van der Waals surface area contributed by atoms with E-state index in [1.165, 1.54) is 70.6 Å². The highest BCUT2D eigenvalue weighted by molar-refractivity contribution is 4.76. The van der Waals surface area contributed by atoms with E-state index in [4.69, 9.17) is 11.1 Å². The van der Waals surface area contributed by atoms with Crippen LogP contribution in [0, 0.1) is 11.8 Å². The van der Waals surface area contributed by atoms with Crippen molar-refractivity contribution in [3.8, 4) is 0 Å². The van der Waals surface area contributed by atoms with E-state index in [1.54, 1.807) is 0 Å². The lowest BCUT2D eigenvalue weighted by atomic mass is 9.84. The molecule has 0 saturated heterocycles. The van der Waals surface area contributed by atoms with E-state index < -0.39 is 0 Å². The third-order valence-corrected chi connectivity index (χ3v) is 5.14. The van der Waals surface area contributed by atoms with E-state index >= 15 is 0 Å². The predicted molar refractivity (Wildman–Crippen MR) is 82.0 cm³/mol. The summed E-state index contributed by atoms with van der Waals surface area (Å²) in [5.74, 6) is 1.78. The highest BCUT2D eigenvalue weighted by atomic mass is 15.0. The molecule has 2 fully saturated rings. The monoisotopic (exact) mass is 265 g/mol. The quantitative estimate of drug-likeness (QED) is 0.768. The molecule has 1 radical (unpaired) electrons. The molecule has 111 valence electrons. The first kappa shape index (κ1) is 15.3. The van der Waals surface area contributed by atoms with Gasteiger partial charge in [-0.15, -0.1) is 0 Å². The molecule has 0 aromatic carbocycles. The molecule has 0 spiro atoms. The van der Waals surface area contributed by atoms with Crippen LogP contribution in [0.25, 0.3) is 0 Å². The molecule has 2 atom stereocenters. The van der Waals surface area contributed by atoms with E-state index in [9.17, 15) is 0 Å². The molecule has 0 aliphatic heterocycles. The SMILES string of the molecule is CC(CC1CCCCC1)[N]C(N)CC1CCCCC1. The normalized spacial score (nSPS) is 26.2. The molecule has 0 amide bonds. The minimum absolute atomic E-state index is 0.0988. The zero-order chi connectivity index (χ0) is 13.5. The first-order valence-electron chi connectivity index (χ1n) is 8.69. The Kier molecular flexibility index (Phi) is 6.66. The molecule has 2 rings (SSSR count). The summed E-state index contributed by atoms with van der Waals surface area (Å²) in [7, 11) is 0. The van der Waals surface area contributed by atoms with Gasteiger partial charge in [0.2, 0.25) is 0 Å². The molecule has 2 saturated carbocycles. The fourth-order valence-electron chi connectivity index (χ4n) is 4.12. The maximum atomic E-state index is 6.24. The summed E-state index contributed by atoms with van der Waals surface area (Å²) in [5, 5.41) is 4.84. The van der Waals surface area contributed by atoms with Gasteiger partial charge in [0.25, 0.3) is 0 Å². The van der Waals surface area contributed by atoms with Gasteiger partial charge in [0.15, 0.2) is 0 Å². The van der Waals surface area contributed by atoms with Crippen LogP contribution in [-0.2, 0) is 0 Å². The van der Waals surface area contributed by atoms with Crippen LogP contribution < -0.4 is 11.1 Å². The maximum absolute atomic E-state index is 6.24. The van der Waals surface area contributed by atoms with Crippen molar-refractivity contribution in [2.24, 2.45) is 17.6 Å². The van der Waals surface area contributed by atoms with Gasteiger partial charge in [-0.25, -0.2) is 5.32 Å². The van der Waals surface area contributed by atoms with Crippen molar-refractivity contribution in [2.75, 3.05) is 0 Å². The highest BCUT2D eigenvalue weighted by Gasteiger charge is 2.21. The average Bonchev–Trinajstić information content (AvgIpc) is 2.40. The topological polar surface area (TPSA) is 40.1 Å². The minimum atomic E-state index is 0.0988.